The van der Waals surface area contributed by atoms with Crippen LogP contribution in [-0.2, 0) is 16.3 Å². The summed E-state index contributed by atoms with van der Waals surface area (Å²) >= 11 is 0. The summed E-state index contributed by atoms with van der Waals surface area (Å²) in [5.41, 5.74) is 9.12. The van der Waals surface area contributed by atoms with Gasteiger partial charge in [0.25, 0.3) is 0 Å². The third kappa shape index (κ3) is 2.53. The highest BCUT2D eigenvalue weighted by molar-refractivity contribution is 7.91. The van der Waals surface area contributed by atoms with Crippen LogP contribution in [0.3, 0.4) is 0 Å². The Hall–Kier alpha value is -0.810. The molecule has 0 amide bonds. The van der Waals surface area contributed by atoms with Crippen molar-refractivity contribution in [1.82, 2.24) is 4.57 Å². The van der Waals surface area contributed by atoms with E-state index in [4.69, 9.17) is 5.73 Å². The van der Waals surface area contributed by atoms with E-state index in [-0.39, 0.29) is 11.5 Å². The van der Waals surface area contributed by atoms with Gasteiger partial charge in [0.1, 0.15) is 9.84 Å². The minimum atomic E-state index is -2.80. The Morgan fingerprint density at radius 3 is 2.60 bits per heavy atom. The van der Waals surface area contributed by atoms with Crippen LogP contribution in [0.15, 0.2) is 12.3 Å². The second-order valence-corrected chi connectivity index (χ2v) is 9.46. The quantitative estimate of drug-likeness (QED) is 0.864. The predicted molar refractivity (Wildman–Crippen MR) is 80.4 cm³/mol. The predicted octanol–water partition coefficient (Wildman–Crippen LogP) is 2.21. The molecule has 0 aromatic carbocycles. The molecule has 5 heteroatoms. The molecule has 2 N–H and O–H groups in total. The highest BCUT2D eigenvalue weighted by atomic mass is 32.2. The van der Waals surface area contributed by atoms with Crippen LogP contribution in [0.5, 0.6) is 0 Å². The van der Waals surface area contributed by atoms with Crippen molar-refractivity contribution >= 4 is 9.84 Å². The third-order valence-electron chi connectivity index (χ3n) is 4.80. The maximum Gasteiger partial charge on any atom is 0.150 e. The average Bonchev–Trinajstić information content (AvgIpc) is 2.71. The van der Waals surface area contributed by atoms with Crippen molar-refractivity contribution in [2.24, 2.45) is 11.1 Å². The Morgan fingerprint density at radius 2 is 1.95 bits per heavy atom. The van der Waals surface area contributed by atoms with E-state index in [1.54, 1.807) is 0 Å². The lowest BCUT2D eigenvalue weighted by molar-refractivity contribution is 0.269. The van der Waals surface area contributed by atoms with Gasteiger partial charge in [0.05, 0.1) is 11.5 Å². The Balaban J connectivity index is 1.90. The maximum atomic E-state index is 11.6. The molecule has 112 valence electrons. The van der Waals surface area contributed by atoms with Gasteiger partial charge in [-0.25, -0.2) is 8.42 Å². The van der Waals surface area contributed by atoms with E-state index in [0.29, 0.717) is 17.5 Å². The van der Waals surface area contributed by atoms with E-state index in [9.17, 15) is 8.42 Å². The molecule has 1 atom stereocenters. The van der Waals surface area contributed by atoms with E-state index in [0.717, 1.165) is 25.7 Å². The van der Waals surface area contributed by atoms with Gasteiger partial charge >= 0.3 is 0 Å². The normalized spacial score (nSPS) is 29.1. The summed E-state index contributed by atoms with van der Waals surface area (Å²) in [5.74, 6) is 0.639. The van der Waals surface area contributed by atoms with Gasteiger partial charge < -0.3 is 10.3 Å². The lowest BCUT2D eigenvalue weighted by Gasteiger charge is -2.36. The Bertz CT molecular complexity index is 602. The third-order valence-corrected chi connectivity index (χ3v) is 6.51. The van der Waals surface area contributed by atoms with Crippen LogP contribution in [0.1, 0.15) is 56.5 Å². The van der Waals surface area contributed by atoms with Gasteiger partial charge in [0, 0.05) is 24.0 Å². The number of sulfone groups is 1. The summed E-state index contributed by atoms with van der Waals surface area (Å²) in [6, 6.07) is 2.57. The van der Waals surface area contributed by atoms with Crippen molar-refractivity contribution in [3.05, 3.63) is 23.5 Å². The van der Waals surface area contributed by atoms with Crippen LogP contribution in [0, 0.1) is 5.41 Å². The minimum absolute atomic E-state index is 0.113. The molecule has 20 heavy (non-hydrogen) atoms. The van der Waals surface area contributed by atoms with Gasteiger partial charge in [-0.05, 0) is 42.7 Å². The zero-order valence-electron chi connectivity index (χ0n) is 12.3. The molecular formula is C15H24N2O2S. The fraction of sp³-hybridized carbons (Fsp3) is 0.733. The SMILES string of the molecule is CC1(C)Cc2c(ccn2C2CCS(=O)(=O)CC2)C(N)C1. The smallest absolute Gasteiger partial charge is 0.150 e. The lowest BCUT2D eigenvalue weighted by atomic mass is 9.74. The van der Waals surface area contributed by atoms with Gasteiger partial charge in [-0.2, -0.15) is 0 Å². The molecule has 4 nitrogen and oxygen atoms in total. The van der Waals surface area contributed by atoms with E-state index in [1.807, 2.05) is 0 Å². The summed E-state index contributed by atoms with van der Waals surface area (Å²) in [5, 5.41) is 0. The number of nitrogens with zero attached hydrogens (tertiary/aromatic N) is 1. The topological polar surface area (TPSA) is 65.1 Å². The van der Waals surface area contributed by atoms with E-state index in [1.165, 1.54) is 11.3 Å². The molecule has 1 aliphatic carbocycles. The second kappa shape index (κ2) is 4.60. The van der Waals surface area contributed by atoms with Crippen LogP contribution in [0.2, 0.25) is 0 Å². The summed E-state index contributed by atoms with van der Waals surface area (Å²) in [6.45, 7) is 4.52. The van der Waals surface area contributed by atoms with Gasteiger partial charge in [-0.1, -0.05) is 13.8 Å². The average molecular weight is 296 g/mol. The molecule has 0 saturated carbocycles. The fourth-order valence-corrected chi connectivity index (χ4v) is 5.22. The highest BCUT2D eigenvalue weighted by Crippen LogP contribution is 2.41. The van der Waals surface area contributed by atoms with Crippen molar-refractivity contribution in [2.45, 2.75) is 51.6 Å². The first-order chi connectivity index (χ1) is 9.27. The first kappa shape index (κ1) is 14.1. The number of aromatic nitrogens is 1. The van der Waals surface area contributed by atoms with Crippen molar-refractivity contribution in [2.75, 3.05) is 11.5 Å². The Labute approximate surface area is 121 Å². The van der Waals surface area contributed by atoms with Crippen LogP contribution in [0.4, 0.5) is 0 Å². The number of rotatable bonds is 1. The van der Waals surface area contributed by atoms with E-state index >= 15 is 0 Å². The van der Waals surface area contributed by atoms with E-state index < -0.39 is 9.84 Å². The molecule has 1 aromatic rings. The summed E-state index contributed by atoms with van der Waals surface area (Å²) < 4.78 is 25.5. The molecule has 1 fully saturated rings. The van der Waals surface area contributed by atoms with Crippen molar-refractivity contribution in [3.63, 3.8) is 0 Å². The molecule has 3 rings (SSSR count). The monoisotopic (exact) mass is 296 g/mol. The van der Waals surface area contributed by atoms with E-state index in [2.05, 4.69) is 30.7 Å². The van der Waals surface area contributed by atoms with Crippen molar-refractivity contribution in [1.29, 1.82) is 0 Å². The van der Waals surface area contributed by atoms with Gasteiger partial charge in [0.2, 0.25) is 0 Å². The zero-order chi connectivity index (χ0) is 14.5. The zero-order valence-corrected chi connectivity index (χ0v) is 13.1. The van der Waals surface area contributed by atoms with Crippen LogP contribution >= 0.6 is 0 Å². The number of fused-ring (bicyclic) bond motifs is 1. The van der Waals surface area contributed by atoms with Crippen molar-refractivity contribution in [3.8, 4) is 0 Å². The molecule has 0 radical (unpaired) electrons. The molecule has 1 unspecified atom stereocenters. The molecule has 1 saturated heterocycles. The summed E-state index contributed by atoms with van der Waals surface area (Å²) in [6.07, 6.45) is 5.64. The maximum absolute atomic E-state index is 11.6. The largest absolute Gasteiger partial charge is 0.348 e. The lowest BCUT2D eigenvalue weighted by Crippen LogP contribution is -2.32. The molecule has 0 spiro atoms. The van der Waals surface area contributed by atoms with Crippen LogP contribution in [0.25, 0.3) is 0 Å². The minimum Gasteiger partial charge on any atom is -0.348 e. The van der Waals surface area contributed by atoms with Crippen molar-refractivity contribution < 1.29 is 8.42 Å². The van der Waals surface area contributed by atoms with Gasteiger partial charge in [0.15, 0.2) is 0 Å². The van der Waals surface area contributed by atoms with Crippen LogP contribution < -0.4 is 5.73 Å². The standard InChI is InChI=1S/C15H24N2O2S/c1-15(2)9-13(16)12-3-6-17(14(12)10-15)11-4-7-20(18,19)8-5-11/h3,6,11,13H,4-5,7-10,16H2,1-2H3. The molecule has 1 aliphatic heterocycles. The molecule has 2 aliphatic rings. The molecule has 2 heterocycles. The number of nitrogens with two attached hydrogens (primary N) is 1. The molecule has 1 aromatic heterocycles. The first-order valence-corrected chi connectivity index (χ1v) is 9.25. The Kier molecular flexibility index (Phi) is 3.25. The number of hydrogen-bond acceptors (Lipinski definition) is 3. The highest BCUT2D eigenvalue weighted by Gasteiger charge is 2.34. The van der Waals surface area contributed by atoms with Gasteiger partial charge in [-0.15, -0.1) is 0 Å². The molecule has 0 bridgehead atoms. The number of hydrogen-bond donors (Lipinski definition) is 1. The summed E-state index contributed by atoms with van der Waals surface area (Å²) in [4.78, 5) is 0. The van der Waals surface area contributed by atoms with Gasteiger partial charge in [-0.3, -0.25) is 0 Å². The first-order valence-electron chi connectivity index (χ1n) is 7.43. The van der Waals surface area contributed by atoms with Crippen LogP contribution in [-0.4, -0.2) is 24.5 Å². The Morgan fingerprint density at radius 1 is 1.30 bits per heavy atom. The second-order valence-electron chi connectivity index (χ2n) is 7.16. The fourth-order valence-electron chi connectivity index (χ4n) is 3.76. The summed E-state index contributed by atoms with van der Waals surface area (Å²) in [7, 11) is -2.80. The molecular weight excluding hydrogens is 272 g/mol.